The fourth-order valence-corrected chi connectivity index (χ4v) is 4.74. The molecule has 1 N–H and O–H groups in total. The van der Waals surface area contributed by atoms with E-state index in [-0.39, 0.29) is 17.4 Å². The summed E-state index contributed by atoms with van der Waals surface area (Å²) in [6.45, 7) is 15.4. The number of rotatable bonds is 1. The lowest BCUT2D eigenvalue weighted by molar-refractivity contribution is 0.00578. The molecule has 2 saturated heterocycles. The average molecular weight is 442 g/mol. The van der Waals surface area contributed by atoms with Gasteiger partial charge in [-0.15, -0.1) is 0 Å². The van der Waals surface area contributed by atoms with E-state index in [0.29, 0.717) is 25.2 Å². The highest BCUT2D eigenvalue weighted by molar-refractivity contribution is 6.62. The zero-order chi connectivity index (χ0) is 23.5. The van der Waals surface area contributed by atoms with Gasteiger partial charge in [0.2, 0.25) is 0 Å². The minimum atomic E-state index is -0.551. The summed E-state index contributed by atoms with van der Waals surface area (Å²) >= 11 is 0. The average Bonchev–Trinajstić information content (AvgIpc) is 2.91. The van der Waals surface area contributed by atoms with Gasteiger partial charge in [0.15, 0.2) is 0 Å². The molecule has 0 aromatic heterocycles. The first kappa shape index (κ1) is 23.1. The van der Waals surface area contributed by atoms with Gasteiger partial charge in [-0.25, -0.2) is 4.79 Å². The summed E-state index contributed by atoms with van der Waals surface area (Å²) in [5, 5.41) is 3.04. The molecule has 1 atom stereocenters. The first-order chi connectivity index (χ1) is 14.7. The molecule has 1 unspecified atom stereocenters. The molecule has 2 amide bonds. The smallest absolute Gasteiger partial charge is 0.444 e. The van der Waals surface area contributed by atoms with Gasteiger partial charge in [-0.3, -0.25) is 4.79 Å². The van der Waals surface area contributed by atoms with Gasteiger partial charge in [-0.1, -0.05) is 12.1 Å². The number of nitrogens with zero attached hydrogens (tertiary/aromatic N) is 1. The number of benzene rings is 1. The van der Waals surface area contributed by atoms with Crippen LogP contribution in [-0.2, 0) is 19.5 Å². The zero-order valence-corrected chi connectivity index (χ0v) is 20.3. The fourth-order valence-electron chi connectivity index (χ4n) is 4.74. The maximum absolute atomic E-state index is 12.8. The second-order valence-electron chi connectivity index (χ2n) is 11.4. The lowest BCUT2D eigenvalue weighted by Gasteiger charge is -2.46. The van der Waals surface area contributed by atoms with E-state index in [0.717, 1.165) is 23.9 Å². The molecule has 1 spiro atoms. The first-order valence-corrected chi connectivity index (χ1v) is 11.5. The van der Waals surface area contributed by atoms with Crippen LogP contribution in [0.5, 0.6) is 0 Å². The van der Waals surface area contributed by atoms with E-state index >= 15 is 0 Å². The van der Waals surface area contributed by atoms with Gasteiger partial charge in [0.25, 0.3) is 5.91 Å². The number of carbonyl (C=O) groups is 2. The number of hydrogen-bond donors (Lipinski definition) is 1. The first-order valence-electron chi connectivity index (χ1n) is 11.5. The third-order valence-electron chi connectivity index (χ3n) is 7.20. The van der Waals surface area contributed by atoms with Crippen molar-refractivity contribution in [3.05, 3.63) is 29.3 Å². The maximum Gasteiger partial charge on any atom is 0.494 e. The number of ether oxygens (including phenoxy) is 1. The Hall–Kier alpha value is -2.06. The molecule has 3 aliphatic heterocycles. The molecule has 32 heavy (non-hydrogen) atoms. The molecule has 3 aliphatic rings. The Bertz CT molecular complexity index is 923. The Balaban J connectivity index is 1.67. The van der Waals surface area contributed by atoms with Crippen molar-refractivity contribution in [3.63, 3.8) is 0 Å². The van der Waals surface area contributed by atoms with Crippen molar-refractivity contribution in [2.45, 2.75) is 83.5 Å². The van der Waals surface area contributed by atoms with Gasteiger partial charge in [-0.05, 0) is 78.4 Å². The highest BCUT2D eigenvalue weighted by atomic mass is 16.7. The predicted octanol–water partition coefficient (Wildman–Crippen LogP) is 3.00. The summed E-state index contributed by atoms with van der Waals surface area (Å²) in [6.07, 6.45) is 1.42. The van der Waals surface area contributed by atoms with Gasteiger partial charge in [0.1, 0.15) is 5.60 Å². The van der Waals surface area contributed by atoms with Crippen molar-refractivity contribution in [2.75, 3.05) is 19.6 Å². The quantitative estimate of drug-likeness (QED) is 0.677. The van der Waals surface area contributed by atoms with Crippen LogP contribution in [0.4, 0.5) is 4.79 Å². The molecule has 0 bridgehead atoms. The molecular weight excluding hydrogens is 407 g/mol. The molecule has 7 nitrogen and oxygen atoms in total. The lowest BCUT2D eigenvalue weighted by Crippen LogP contribution is -2.57. The van der Waals surface area contributed by atoms with Crippen LogP contribution in [0.25, 0.3) is 0 Å². The van der Waals surface area contributed by atoms with Crippen molar-refractivity contribution in [3.8, 4) is 0 Å². The van der Waals surface area contributed by atoms with Gasteiger partial charge in [0.05, 0.1) is 11.2 Å². The van der Waals surface area contributed by atoms with Crippen LogP contribution in [0.2, 0.25) is 0 Å². The minimum absolute atomic E-state index is 0.0829. The molecule has 8 heteroatoms. The molecule has 1 aromatic carbocycles. The second kappa shape index (κ2) is 7.49. The summed E-state index contributed by atoms with van der Waals surface area (Å²) in [5.41, 5.74) is 0.708. The molecule has 0 aliphatic carbocycles. The second-order valence-corrected chi connectivity index (χ2v) is 11.4. The van der Waals surface area contributed by atoms with Crippen LogP contribution in [0, 0.1) is 0 Å². The summed E-state index contributed by atoms with van der Waals surface area (Å²) < 4.78 is 18.1. The molecule has 0 saturated carbocycles. The van der Waals surface area contributed by atoms with E-state index < -0.39 is 23.9 Å². The number of fused-ring (bicyclic) bond motifs is 2. The van der Waals surface area contributed by atoms with Crippen LogP contribution < -0.4 is 10.8 Å². The highest BCUT2D eigenvalue weighted by Crippen LogP contribution is 2.40. The van der Waals surface area contributed by atoms with E-state index in [4.69, 9.17) is 14.0 Å². The third-order valence-corrected chi connectivity index (χ3v) is 7.20. The largest absolute Gasteiger partial charge is 0.494 e. The Morgan fingerprint density at radius 3 is 2.44 bits per heavy atom. The molecule has 0 radical (unpaired) electrons. The topological polar surface area (TPSA) is 77.1 Å². The minimum Gasteiger partial charge on any atom is -0.444 e. The molecule has 174 valence electrons. The monoisotopic (exact) mass is 442 g/mol. The maximum atomic E-state index is 12.8. The normalized spacial score (nSPS) is 26.7. The molecule has 4 rings (SSSR count). The Labute approximate surface area is 191 Å². The van der Waals surface area contributed by atoms with Crippen molar-refractivity contribution in [2.24, 2.45) is 0 Å². The molecule has 2 fully saturated rings. The van der Waals surface area contributed by atoms with Crippen molar-refractivity contribution in [1.29, 1.82) is 0 Å². The van der Waals surface area contributed by atoms with E-state index in [1.807, 2.05) is 60.6 Å². The van der Waals surface area contributed by atoms with Crippen molar-refractivity contribution in [1.82, 2.24) is 10.2 Å². The Morgan fingerprint density at radius 2 is 1.81 bits per heavy atom. The van der Waals surface area contributed by atoms with Crippen molar-refractivity contribution >= 4 is 24.6 Å². The number of nitrogens with one attached hydrogen (secondary N) is 1. The van der Waals surface area contributed by atoms with Crippen molar-refractivity contribution < 1.29 is 23.6 Å². The number of carbonyl (C=O) groups excluding carboxylic acids is 2. The molecule has 1 aromatic rings. The highest BCUT2D eigenvalue weighted by Gasteiger charge is 2.52. The Kier molecular flexibility index (Phi) is 5.41. The number of piperidine rings is 1. The molecule has 3 heterocycles. The summed E-state index contributed by atoms with van der Waals surface area (Å²) in [7, 11) is -0.502. The molecular formula is C24H35BN2O5. The van der Waals surface area contributed by atoms with Crippen LogP contribution in [0.1, 0.15) is 77.2 Å². The van der Waals surface area contributed by atoms with Crippen LogP contribution in [0.3, 0.4) is 0 Å². The number of hydrogen-bond acceptors (Lipinski definition) is 5. The number of amides is 2. The summed E-state index contributed by atoms with van der Waals surface area (Å²) in [4.78, 5) is 27.3. The zero-order valence-electron chi connectivity index (χ0n) is 20.3. The predicted molar refractivity (Wildman–Crippen MR) is 123 cm³/mol. The van der Waals surface area contributed by atoms with Crippen LogP contribution >= 0.6 is 0 Å². The van der Waals surface area contributed by atoms with Crippen LogP contribution in [0.15, 0.2) is 18.2 Å². The van der Waals surface area contributed by atoms with E-state index in [2.05, 4.69) is 11.4 Å². The lowest BCUT2D eigenvalue weighted by atomic mass is 9.67. The third kappa shape index (κ3) is 4.03. The summed E-state index contributed by atoms with van der Waals surface area (Å²) in [5.74, 6) is -0.0829. The summed E-state index contributed by atoms with van der Waals surface area (Å²) in [6, 6.07) is 5.82. The van der Waals surface area contributed by atoms with E-state index in [9.17, 15) is 9.59 Å². The Morgan fingerprint density at radius 1 is 1.16 bits per heavy atom. The van der Waals surface area contributed by atoms with E-state index in [1.165, 1.54) is 0 Å². The SMILES string of the molecule is CC(C)(C)OC(=O)N1CCCC2(CNC(=O)c3ccc(B4OC(C)(C)C(C)(C)O4)cc32)C1. The van der Waals surface area contributed by atoms with E-state index in [1.54, 1.807) is 4.90 Å². The van der Waals surface area contributed by atoms with Gasteiger partial charge in [0, 0.05) is 30.6 Å². The fraction of sp³-hybridized carbons (Fsp3) is 0.667. The van der Waals surface area contributed by atoms with Gasteiger partial charge < -0.3 is 24.3 Å². The van der Waals surface area contributed by atoms with Crippen LogP contribution in [-0.4, -0.2) is 60.5 Å². The standard InChI is InChI=1S/C24H35BN2O5/c1-21(2,3)30-20(29)27-12-8-11-24(15-27)14-26-19(28)17-10-9-16(13-18(17)24)25-31-22(4,5)23(6,7)32-25/h9-10,13H,8,11-12,14-15H2,1-7H3,(H,26,28). The van der Waals surface area contributed by atoms with Gasteiger partial charge >= 0.3 is 13.2 Å². The van der Waals surface area contributed by atoms with Gasteiger partial charge in [-0.2, -0.15) is 0 Å². The number of likely N-dealkylation sites (tertiary alicyclic amines) is 1.